The Morgan fingerprint density at radius 2 is 1.76 bits per heavy atom. The number of aryl methyl sites for hydroxylation is 1. The van der Waals surface area contributed by atoms with Crippen molar-refractivity contribution in [3.63, 3.8) is 0 Å². The summed E-state index contributed by atoms with van der Waals surface area (Å²) in [6.07, 6.45) is 2.42. The fourth-order valence-corrected chi connectivity index (χ4v) is 4.56. The molecule has 0 aliphatic carbocycles. The minimum atomic E-state index is -0.0450. The van der Waals surface area contributed by atoms with Crippen LogP contribution >= 0.6 is 27.7 Å². The highest BCUT2D eigenvalue weighted by Crippen LogP contribution is 2.25. The zero-order valence-corrected chi connectivity index (χ0v) is 21.6. The Morgan fingerprint density at radius 1 is 1.06 bits per heavy atom. The van der Waals surface area contributed by atoms with Gasteiger partial charge in [-0.05, 0) is 48.6 Å². The number of carbonyl (C=O) groups excluding carboxylic acids is 2. The van der Waals surface area contributed by atoms with Gasteiger partial charge in [-0.1, -0.05) is 65.8 Å². The van der Waals surface area contributed by atoms with E-state index in [0.717, 1.165) is 28.8 Å². The Morgan fingerprint density at radius 3 is 2.39 bits per heavy atom. The normalized spacial score (nSPS) is 11.1. The predicted molar refractivity (Wildman–Crippen MR) is 136 cm³/mol. The fraction of sp³-hybridized carbons (Fsp3) is 0.360. The quantitative estimate of drug-likeness (QED) is 0.208. The highest BCUT2D eigenvalue weighted by Gasteiger charge is 2.16. The van der Waals surface area contributed by atoms with E-state index in [0.29, 0.717) is 29.6 Å². The van der Waals surface area contributed by atoms with Gasteiger partial charge in [-0.3, -0.25) is 14.2 Å². The number of rotatable bonds is 11. The van der Waals surface area contributed by atoms with Gasteiger partial charge in [0.1, 0.15) is 5.82 Å². The molecule has 0 atom stereocenters. The van der Waals surface area contributed by atoms with Gasteiger partial charge in [-0.15, -0.1) is 10.2 Å². The number of aromatic nitrogens is 3. The van der Waals surface area contributed by atoms with Gasteiger partial charge in [0.25, 0.3) is 0 Å². The van der Waals surface area contributed by atoms with E-state index in [1.165, 1.54) is 24.2 Å². The van der Waals surface area contributed by atoms with E-state index in [1.54, 1.807) is 0 Å². The topological polar surface area (TPSA) is 76.9 Å². The summed E-state index contributed by atoms with van der Waals surface area (Å²) >= 11 is 4.86. The summed E-state index contributed by atoms with van der Waals surface area (Å²) in [5.74, 6) is 1.68. The van der Waals surface area contributed by atoms with Gasteiger partial charge < -0.3 is 5.32 Å². The molecule has 6 nitrogen and oxygen atoms in total. The monoisotopic (exact) mass is 528 g/mol. The summed E-state index contributed by atoms with van der Waals surface area (Å²) in [5, 5.41) is 12.2. The Bertz CT molecular complexity index is 1080. The number of nitrogens with zero attached hydrogens (tertiary/aromatic N) is 3. The molecule has 0 bridgehead atoms. The number of Topliss-reactive ketones (excluding diaryl/α,β-unsaturated/α-hetero) is 1. The third-order valence-corrected chi connectivity index (χ3v) is 6.45. The SMILES string of the molecule is CC(=O)NCCCc1nnc(SCC(=O)c2ccc(CC(C)C)cc2)n1-c1ccc(Br)cc1. The second-order valence-electron chi connectivity index (χ2n) is 8.30. The van der Waals surface area contributed by atoms with Crippen LogP contribution in [0.15, 0.2) is 58.2 Å². The molecule has 0 radical (unpaired) electrons. The van der Waals surface area contributed by atoms with E-state index in [9.17, 15) is 9.59 Å². The molecule has 33 heavy (non-hydrogen) atoms. The minimum Gasteiger partial charge on any atom is -0.356 e. The van der Waals surface area contributed by atoms with Crippen molar-refractivity contribution in [2.45, 2.75) is 45.2 Å². The third-order valence-electron chi connectivity index (χ3n) is 4.99. The summed E-state index contributed by atoms with van der Waals surface area (Å²) < 4.78 is 2.97. The highest BCUT2D eigenvalue weighted by molar-refractivity contribution is 9.10. The van der Waals surface area contributed by atoms with Crippen LogP contribution in [0.5, 0.6) is 0 Å². The number of halogens is 1. The van der Waals surface area contributed by atoms with Crippen molar-refractivity contribution < 1.29 is 9.59 Å². The number of benzene rings is 2. The van der Waals surface area contributed by atoms with E-state index in [-0.39, 0.29) is 17.4 Å². The molecular formula is C25H29BrN4O2S. The van der Waals surface area contributed by atoms with Gasteiger partial charge in [-0.2, -0.15) is 0 Å². The summed E-state index contributed by atoms with van der Waals surface area (Å²) in [6, 6.07) is 15.8. The Kier molecular flexibility index (Phi) is 9.26. The smallest absolute Gasteiger partial charge is 0.216 e. The number of ketones is 1. The molecule has 0 unspecified atom stereocenters. The van der Waals surface area contributed by atoms with Gasteiger partial charge in [0.2, 0.25) is 5.91 Å². The summed E-state index contributed by atoms with van der Waals surface area (Å²) in [4.78, 5) is 23.9. The van der Waals surface area contributed by atoms with Crippen molar-refractivity contribution >= 4 is 39.4 Å². The fourth-order valence-electron chi connectivity index (χ4n) is 3.43. The van der Waals surface area contributed by atoms with E-state index in [2.05, 4.69) is 45.3 Å². The number of thioether (sulfide) groups is 1. The maximum atomic E-state index is 12.8. The molecule has 3 rings (SSSR count). The average Bonchev–Trinajstić information content (AvgIpc) is 3.18. The highest BCUT2D eigenvalue weighted by atomic mass is 79.9. The first-order valence-electron chi connectivity index (χ1n) is 11.0. The molecule has 1 N–H and O–H groups in total. The second kappa shape index (κ2) is 12.1. The standard InChI is InChI=1S/C25H29BrN4O2S/c1-17(2)15-19-6-8-20(9-7-19)23(32)16-33-25-29-28-24(5-4-14-27-18(3)31)30(25)22-12-10-21(26)11-13-22/h6-13,17H,4-5,14-16H2,1-3H3,(H,27,31). The molecule has 2 aromatic carbocycles. The molecule has 0 saturated carbocycles. The molecule has 0 fully saturated rings. The van der Waals surface area contributed by atoms with Crippen LogP contribution in [-0.2, 0) is 17.6 Å². The summed E-state index contributed by atoms with van der Waals surface area (Å²) in [5.41, 5.74) is 2.89. The molecule has 1 amide bonds. The van der Waals surface area contributed by atoms with E-state index < -0.39 is 0 Å². The predicted octanol–water partition coefficient (Wildman–Crippen LogP) is 5.27. The lowest BCUT2D eigenvalue weighted by molar-refractivity contribution is -0.118. The molecule has 1 aromatic heterocycles. The second-order valence-corrected chi connectivity index (χ2v) is 10.2. The van der Waals surface area contributed by atoms with Crippen molar-refractivity contribution in [3.05, 3.63) is 70.0 Å². The Balaban J connectivity index is 1.72. The first-order valence-corrected chi connectivity index (χ1v) is 12.8. The van der Waals surface area contributed by atoms with E-state index >= 15 is 0 Å². The van der Waals surface area contributed by atoms with Crippen LogP contribution in [0.1, 0.15) is 48.9 Å². The summed E-state index contributed by atoms with van der Waals surface area (Å²) in [6.45, 7) is 6.46. The lowest BCUT2D eigenvalue weighted by Gasteiger charge is -2.11. The van der Waals surface area contributed by atoms with Crippen LogP contribution in [0, 0.1) is 5.92 Å². The van der Waals surface area contributed by atoms with Crippen molar-refractivity contribution in [1.82, 2.24) is 20.1 Å². The van der Waals surface area contributed by atoms with Crippen molar-refractivity contribution in [3.8, 4) is 5.69 Å². The molecule has 3 aromatic rings. The van der Waals surface area contributed by atoms with Crippen LogP contribution < -0.4 is 5.32 Å². The van der Waals surface area contributed by atoms with Gasteiger partial charge in [0.15, 0.2) is 10.9 Å². The number of carbonyl (C=O) groups is 2. The van der Waals surface area contributed by atoms with E-state index in [1.807, 2.05) is 53.1 Å². The van der Waals surface area contributed by atoms with Crippen LogP contribution in [0.25, 0.3) is 5.69 Å². The maximum absolute atomic E-state index is 12.8. The number of amides is 1. The Labute approximate surface area is 207 Å². The maximum Gasteiger partial charge on any atom is 0.216 e. The van der Waals surface area contributed by atoms with Gasteiger partial charge in [0.05, 0.1) is 5.75 Å². The lowest BCUT2D eigenvalue weighted by Crippen LogP contribution is -2.21. The van der Waals surface area contributed by atoms with E-state index in [4.69, 9.17) is 0 Å². The van der Waals surface area contributed by atoms with Gasteiger partial charge >= 0.3 is 0 Å². The Hall–Kier alpha value is -2.45. The van der Waals surface area contributed by atoms with Crippen molar-refractivity contribution in [1.29, 1.82) is 0 Å². The molecule has 0 spiro atoms. The van der Waals surface area contributed by atoms with Crippen LogP contribution in [0.4, 0.5) is 0 Å². The number of nitrogens with one attached hydrogen (secondary N) is 1. The van der Waals surface area contributed by atoms with Gasteiger partial charge in [0, 0.05) is 35.6 Å². The average molecular weight is 530 g/mol. The zero-order chi connectivity index (χ0) is 23.8. The molecule has 0 saturated heterocycles. The molecule has 0 aliphatic heterocycles. The third kappa shape index (κ3) is 7.54. The van der Waals surface area contributed by atoms with Crippen molar-refractivity contribution in [2.75, 3.05) is 12.3 Å². The zero-order valence-electron chi connectivity index (χ0n) is 19.2. The molecule has 8 heteroatoms. The lowest BCUT2D eigenvalue weighted by atomic mass is 10.0. The molecule has 1 heterocycles. The molecule has 0 aliphatic rings. The van der Waals surface area contributed by atoms with Crippen LogP contribution in [0.3, 0.4) is 0 Å². The van der Waals surface area contributed by atoms with Gasteiger partial charge in [-0.25, -0.2) is 0 Å². The van der Waals surface area contributed by atoms with Crippen LogP contribution in [0.2, 0.25) is 0 Å². The first kappa shape index (κ1) is 25.2. The minimum absolute atomic E-state index is 0.0450. The molecule has 174 valence electrons. The molecular weight excluding hydrogens is 500 g/mol. The first-order chi connectivity index (χ1) is 15.8. The number of hydrogen-bond acceptors (Lipinski definition) is 5. The largest absolute Gasteiger partial charge is 0.356 e. The summed E-state index contributed by atoms with van der Waals surface area (Å²) in [7, 11) is 0. The van der Waals surface area contributed by atoms with Crippen LogP contribution in [-0.4, -0.2) is 38.8 Å². The van der Waals surface area contributed by atoms with Crippen molar-refractivity contribution in [2.24, 2.45) is 5.92 Å². The number of hydrogen-bond donors (Lipinski definition) is 1.